The van der Waals surface area contributed by atoms with Gasteiger partial charge >= 0.3 is 11.9 Å². The molecule has 0 aliphatic rings. The summed E-state index contributed by atoms with van der Waals surface area (Å²) >= 11 is 0. The van der Waals surface area contributed by atoms with Crippen LogP contribution in [0, 0.1) is 0 Å². The SMILES string of the molecule is CCOC(=O)c1ccc(NC(=O)COC(=O)C(c2ccccc2)c2ccccc2)cc1. The van der Waals surface area contributed by atoms with E-state index in [0.29, 0.717) is 11.3 Å². The van der Waals surface area contributed by atoms with Crippen molar-refractivity contribution in [2.45, 2.75) is 12.8 Å². The molecule has 0 radical (unpaired) electrons. The second-order valence-electron chi connectivity index (χ2n) is 6.71. The average Bonchev–Trinajstić information content (AvgIpc) is 2.80. The van der Waals surface area contributed by atoms with Crippen molar-refractivity contribution in [1.82, 2.24) is 0 Å². The second-order valence-corrected chi connectivity index (χ2v) is 6.71. The number of hydrogen-bond donors (Lipinski definition) is 1. The molecule has 0 unspecified atom stereocenters. The van der Waals surface area contributed by atoms with Crippen molar-refractivity contribution < 1.29 is 23.9 Å². The van der Waals surface area contributed by atoms with Gasteiger partial charge in [0.25, 0.3) is 5.91 Å². The third-order valence-electron chi connectivity index (χ3n) is 4.53. The van der Waals surface area contributed by atoms with Crippen LogP contribution >= 0.6 is 0 Å². The highest BCUT2D eigenvalue weighted by molar-refractivity contribution is 5.95. The third-order valence-corrected chi connectivity index (χ3v) is 4.53. The maximum atomic E-state index is 12.8. The number of nitrogens with one attached hydrogen (secondary N) is 1. The highest BCUT2D eigenvalue weighted by Gasteiger charge is 2.24. The van der Waals surface area contributed by atoms with Crippen molar-refractivity contribution in [2.75, 3.05) is 18.5 Å². The molecule has 1 amide bonds. The number of carbonyl (C=O) groups excluding carboxylic acids is 3. The molecule has 6 nitrogen and oxygen atoms in total. The summed E-state index contributed by atoms with van der Waals surface area (Å²) in [5, 5.41) is 2.65. The van der Waals surface area contributed by atoms with Crippen LogP contribution in [0.4, 0.5) is 5.69 Å². The van der Waals surface area contributed by atoms with Crippen molar-refractivity contribution in [2.24, 2.45) is 0 Å². The molecule has 0 aliphatic carbocycles. The lowest BCUT2D eigenvalue weighted by Crippen LogP contribution is -2.24. The minimum atomic E-state index is -0.626. The lowest BCUT2D eigenvalue weighted by molar-refractivity contribution is -0.147. The summed E-state index contributed by atoms with van der Waals surface area (Å²) in [5.41, 5.74) is 2.44. The molecule has 0 bridgehead atoms. The summed E-state index contributed by atoms with van der Waals surface area (Å²) < 4.78 is 10.2. The van der Waals surface area contributed by atoms with E-state index < -0.39 is 30.4 Å². The van der Waals surface area contributed by atoms with Crippen LogP contribution < -0.4 is 5.32 Å². The number of benzene rings is 3. The number of carbonyl (C=O) groups is 3. The maximum Gasteiger partial charge on any atom is 0.338 e. The lowest BCUT2D eigenvalue weighted by atomic mass is 9.91. The average molecular weight is 417 g/mol. The van der Waals surface area contributed by atoms with Gasteiger partial charge in [0.15, 0.2) is 6.61 Å². The molecule has 0 saturated heterocycles. The number of hydrogen-bond acceptors (Lipinski definition) is 5. The van der Waals surface area contributed by atoms with E-state index in [2.05, 4.69) is 5.32 Å². The van der Waals surface area contributed by atoms with Crippen molar-refractivity contribution in [1.29, 1.82) is 0 Å². The molecule has 3 aromatic carbocycles. The van der Waals surface area contributed by atoms with Crippen molar-refractivity contribution >= 4 is 23.5 Å². The van der Waals surface area contributed by atoms with E-state index in [1.54, 1.807) is 31.2 Å². The predicted molar refractivity (Wildman–Crippen MR) is 117 cm³/mol. The molecule has 0 aliphatic heterocycles. The maximum absolute atomic E-state index is 12.8. The standard InChI is InChI=1S/C25H23NO5/c1-2-30-24(28)20-13-15-21(16-14-20)26-22(27)17-31-25(29)23(18-9-5-3-6-10-18)19-11-7-4-8-12-19/h3-16,23H,2,17H2,1H3,(H,26,27). The van der Waals surface area contributed by atoms with Gasteiger partial charge in [-0.25, -0.2) is 4.79 Å². The Morgan fingerprint density at radius 1 is 0.774 bits per heavy atom. The van der Waals surface area contributed by atoms with Crippen molar-refractivity contribution in [3.05, 3.63) is 102 Å². The Kier molecular flexibility index (Phi) is 7.54. The van der Waals surface area contributed by atoms with Crippen LogP contribution in [0.2, 0.25) is 0 Å². The molecule has 0 fully saturated rings. The molecule has 0 heterocycles. The molecule has 158 valence electrons. The van der Waals surface area contributed by atoms with E-state index in [4.69, 9.17) is 9.47 Å². The molecule has 0 atom stereocenters. The minimum absolute atomic E-state index is 0.287. The minimum Gasteiger partial charge on any atom is -0.462 e. The summed E-state index contributed by atoms with van der Waals surface area (Å²) in [5.74, 6) is -2.04. The quantitative estimate of drug-likeness (QED) is 0.556. The molecule has 0 saturated carbocycles. The summed E-state index contributed by atoms with van der Waals surface area (Å²) in [6.07, 6.45) is 0. The fourth-order valence-electron chi connectivity index (χ4n) is 3.08. The Labute approximate surface area is 180 Å². The highest BCUT2D eigenvalue weighted by atomic mass is 16.5. The Bertz CT molecular complexity index is 977. The van der Waals surface area contributed by atoms with Gasteiger partial charge in [0.1, 0.15) is 5.92 Å². The number of anilines is 1. The zero-order chi connectivity index (χ0) is 22.1. The van der Waals surface area contributed by atoms with Gasteiger partial charge in [-0.1, -0.05) is 60.7 Å². The number of rotatable bonds is 8. The van der Waals surface area contributed by atoms with Gasteiger partial charge in [-0.2, -0.15) is 0 Å². The predicted octanol–water partition coefficient (Wildman–Crippen LogP) is 4.18. The van der Waals surface area contributed by atoms with Gasteiger partial charge in [0.2, 0.25) is 0 Å². The Morgan fingerprint density at radius 2 is 1.32 bits per heavy atom. The van der Waals surface area contributed by atoms with E-state index in [-0.39, 0.29) is 6.61 Å². The summed E-state index contributed by atoms with van der Waals surface area (Å²) in [7, 11) is 0. The second kappa shape index (κ2) is 10.7. The van der Waals surface area contributed by atoms with Gasteiger partial charge < -0.3 is 14.8 Å². The first kappa shape index (κ1) is 21.8. The van der Waals surface area contributed by atoms with E-state index in [0.717, 1.165) is 11.1 Å². The van der Waals surface area contributed by atoms with Gasteiger partial charge in [-0.05, 0) is 42.3 Å². The Balaban J connectivity index is 1.62. The van der Waals surface area contributed by atoms with Crippen LogP contribution in [0.3, 0.4) is 0 Å². The molecule has 0 aromatic heterocycles. The zero-order valence-electron chi connectivity index (χ0n) is 17.1. The number of amides is 1. The molecule has 1 N–H and O–H groups in total. The smallest absolute Gasteiger partial charge is 0.338 e. The number of ether oxygens (including phenoxy) is 2. The molecule has 31 heavy (non-hydrogen) atoms. The fourth-order valence-corrected chi connectivity index (χ4v) is 3.08. The molecule has 0 spiro atoms. The zero-order valence-corrected chi connectivity index (χ0v) is 17.1. The molecule has 3 rings (SSSR count). The first-order chi connectivity index (χ1) is 15.1. The monoisotopic (exact) mass is 417 g/mol. The van der Waals surface area contributed by atoms with E-state index in [9.17, 15) is 14.4 Å². The van der Waals surface area contributed by atoms with Crippen LogP contribution in [-0.2, 0) is 19.1 Å². The normalized spacial score (nSPS) is 10.4. The topological polar surface area (TPSA) is 81.7 Å². The molecular weight excluding hydrogens is 394 g/mol. The number of esters is 2. The van der Waals surface area contributed by atoms with Crippen LogP contribution in [0.5, 0.6) is 0 Å². The highest BCUT2D eigenvalue weighted by Crippen LogP contribution is 2.26. The first-order valence-corrected chi connectivity index (χ1v) is 9.92. The van der Waals surface area contributed by atoms with Gasteiger partial charge in [0, 0.05) is 5.69 Å². The Morgan fingerprint density at radius 3 is 1.84 bits per heavy atom. The lowest BCUT2D eigenvalue weighted by Gasteiger charge is -2.17. The van der Waals surface area contributed by atoms with Crippen LogP contribution in [-0.4, -0.2) is 31.1 Å². The summed E-state index contributed by atoms with van der Waals surface area (Å²) in [4.78, 5) is 36.8. The molecular formula is C25H23NO5. The van der Waals surface area contributed by atoms with Crippen molar-refractivity contribution in [3.63, 3.8) is 0 Å². The Hall–Kier alpha value is -3.93. The molecule has 6 heteroatoms. The first-order valence-electron chi connectivity index (χ1n) is 9.92. The third kappa shape index (κ3) is 6.02. The van der Waals surface area contributed by atoms with E-state index >= 15 is 0 Å². The van der Waals surface area contributed by atoms with Crippen LogP contribution in [0.15, 0.2) is 84.9 Å². The van der Waals surface area contributed by atoms with Gasteiger partial charge in [-0.15, -0.1) is 0 Å². The van der Waals surface area contributed by atoms with Gasteiger partial charge in [0.05, 0.1) is 12.2 Å². The largest absolute Gasteiger partial charge is 0.462 e. The van der Waals surface area contributed by atoms with Crippen molar-refractivity contribution in [3.8, 4) is 0 Å². The fraction of sp³-hybridized carbons (Fsp3) is 0.160. The van der Waals surface area contributed by atoms with E-state index in [1.165, 1.54) is 0 Å². The van der Waals surface area contributed by atoms with E-state index in [1.807, 2.05) is 60.7 Å². The molecule has 3 aromatic rings. The summed E-state index contributed by atoms with van der Waals surface area (Å²) in [6.45, 7) is 1.60. The summed E-state index contributed by atoms with van der Waals surface area (Å²) in [6, 6.07) is 24.8. The van der Waals surface area contributed by atoms with Crippen LogP contribution in [0.25, 0.3) is 0 Å². The van der Waals surface area contributed by atoms with Gasteiger partial charge in [-0.3, -0.25) is 9.59 Å². The van der Waals surface area contributed by atoms with Crippen LogP contribution in [0.1, 0.15) is 34.3 Å².